The van der Waals surface area contributed by atoms with E-state index in [1.807, 2.05) is 18.2 Å². The summed E-state index contributed by atoms with van der Waals surface area (Å²) in [4.78, 5) is 0. The fourth-order valence-corrected chi connectivity index (χ4v) is 2.50. The SMILES string of the molecule is Fc1cc(F)cc(Cc2ccc3[nH]nc(Br)c3c2)c1. The lowest BCUT2D eigenvalue weighted by molar-refractivity contribution is 0.580. The Bertz CT molecular complexity index is 732. The van der Waals surface area contributed by atoms with Gasteiger partial charge in [0.15, 0.2) is 0 Å². The molecule has 3 rings (SSSR count). The van der Waals surface area contributed by atoms with Gasteiger partial charge in [0, 0.05) is 11.5 Å². The molecular weight excluding hydrogens is 314 g/mol. The second-order valence-electron chi connectivity index (χ2n) is 4.35. The maximum absolute atomic E-state index is 13.1. The van der Waals surface area contributed by atoms with Crippen LogP contribution in [0, 0.1) is 11.6 Å². The number of nitrogens with one attached hydrogen (secondary N) is 1. The molecule has 2 aromatic carbocycles. The van der Waals surface area contributed by atoms with E-state index < -0.39 is 11.6 Å². The van der Waals surface area contributed by atoms with E-state index in [2.05, 4.69) is 26.1 Å². The van der Waals surface area contributed by atoms with Crippen molar-refractivity contribution in [2.45, 2.75) is 6.42 Å². The molecule has 1 heterocycles. The first kappa shape index (κ1) is 12.3. The summed E-state index contributed by atoms with van der Waals surface area (Å²) in [6.07, 6.45) is 0.474. The highest BCUT2D eigenvalue weighted by Gasteiger charge is 2.06. The summed E-state index contributed by atoms with van der Waals surface area (Å²) in [7, 11) is 0. The van der Waals surface area contributed by atoms with Crippen molar-refractivity contribution in [2.24, 2.45) is 0 Å². The average molecular weight is 323 g/mol. The number of aromatic amines is 1. The van der Waals surface area contributed by atoms with Crippen molar-refractivity contribution in [3.63, 3.8) is 0 Å². The molecule has 0 aliphatic carbocycles. The average Bonchev–Trinajstić information content (AvgIpc) is 2.70. The third-order valence-corrected chi connectivity index (χ3v) is 3.52. The topological polar surface area (TPSA) is 28.7 Å². The van der Waals surface area contributed by atoms with Gasteiger partial charge in [-0.25, -0.2) is 8.78 Å². The van der Waals surface area contributed by atoms with E-state index in [0.29, 0.717) is 12.0 Å². The fourth-order valence-electron chi connectivity index (χ4n) is 2.09. The van der Waals surface area contributed by atoms with Crippen LogP contribution in [-0.4, -0.2) is 10.2 Å². The summed E-state index contributed by atoms with van der Waals surface area (Å²) in [6.45, 7) is 0. The number of fused-ring (bicyclic) bond motifs is 1. The molecule has 0 amide bonds. The van der Waals surface area contributed by atoms with Crippen LogP contribution in [0.25, 0.3) is 10.9 Å². The molecule has 0 fully saturated rings. The van der Waals surface area contributed by atoms with Crippen LogP contribution in [0.1, 0.15) is 11.1 Å². The second-order valence-corrected chi connectivity index (χ2v) is 5.10. The minimum atomic E-state index is -0.555. The van der Waals surface area contributed by atoms with Crippen LogP contribution >= 0.6 is 15.9 Å². The maximum Gasteiger partial charge on any atom is 0.135 e. The Morgan fingerprint density at radius 1 is 1.00 bits per heavy atom. The van der Waals surface area contributed by atoms with E-state index in [1.165, 1.54) is 12.1 Å². The Kier molecular flexibility index (Phi) is 3.06. The third-order valence-electron chi connectivity index (χ3n) is 2.91. The van der Waals surface area contributed by atoms with Gasteiger partial charge in [-0.2, -0.15) is 5.10 Å². The molecule has 0 saturated carbocycles. The van der Waals surface area contributed by atoms with Gasteiger partial charge in [0.2, 0.25) is 0 Å². The fraction of sp³-hybridized carbons (Fsp3) is 0.0714. The van der Waals surface area contributed by atoms with Gasteiger partial charge in [-0.15, -0.1) is 0 Å². The predicted octanol–water partition coefficient (Wildman–Crippen LogP) is 4.19. The molecule has 0 aliphatic heterocycles. The Morgan fingerprint density at radius 2 is 1.74 bits per heavy atom. The number of benzene rings is 2. The molecule has 0 aliphatic rings. The number of nitrogens with zero attached hydrogens (tertiary/aromatic N) is 1. The van der Waals surface area contributed by atoms with Gasteiger partial charge in [0.25, 0.3) is 0 Å². The van der Waals surface area contributed by atoms with Crippen molar-refractivity contribution in [3.8, 4) is 0 Å². The summed E-state index contributed by atoms with van der Waals surface area (Å²) in [6, 6.07) is 9.33. The predicted molar refractivity (Wildman–Crippen MR) is 73.0 cm³/mol. The molecule has 0 spiro atoms. The van der Waals surface area contributed by atoms with Crippen LogP contribution in [0.3, 0.4) is 0 Å². The van der Waals surface area contributed by atoms with E-state index in [4.69, 9.17) is 0 Å². The molecular formula is C14H9BrF2N2. The number of hydrogen-bond donors (Lipinski definition) is 1. The smallest absolute Gasteiger partial charge is 0.135 e. The lowest BCUT2D eigenvalue weighted by atomic mass is 10.0. The minimum Gasteiger partial charge on any atom is -0.277 e. The summed E-state index contributed by atoms with van der Waals surface area (Å²) >= 11 is 3.35. The third kappa shape index (κ3) is 2.51. The van der Waals surface area contributed by atoms with Gasteiger partial charge >= 0.3 is 0 Å². The van der Waals surface area contributed by atoms with E-state index in [0.717, 1.165) is 27.1 Å². The molecule has 0 radical (unpaired) electrons. The number of aromatic nitrogens is 2. The van der Waals surface area contributed by atoms with E-state index in [1.54, 1.807) is 0 Å². The zero-order valence-electron chi connectivity index (χ0n) is 9.75. The molecule has 3 aromatic rings. The molecule has 19 heavy (non-hydrogen) atoms. The maximum atomic E-state index is 13.1. The Balaban J connectivity index is 1.98. The van der Waals surface area contributed by atoms with Crippen LogP contribution in [-0.2, 0) is 6.42 Å². The first-order valence-corrected chi connectivity index (χ1v) is 6.48. The van der Waals surface area contributed by atoms with Crippen molar-refractivity contribution < 1.29 is 8.78 Å². The minimum absolute atomic E-state index is 0.474. The van der Waals surface area contributed by atoms with E-state index in [-0.39, 0.29) is 0 Å². The largest absolute Gasteiger partial charge is 0.277 e. The number of H-pyrrole nitrogens is 1. The first-order valence-electron chi connectivity index (χ1n) is 5.69. The van der Waals surface area contributed by atoms with Crippen molar-refractivity contribution in [3.05, 3.63) is 63.8 Å². The standard InChI is InChI=1S/C14H9BrF2N2/c15-14-12-6-8(1-2-13(12)18-19-14)3-9-4-10(16)7-11(17)5-9/h1-2,4-7H,3H2,(H,18,19). The summed E-state index contributed by atoms with van der Waals surface area (Å²) in [5.74, 6) is -1.11. The van der Waals surface area contributed by atoms with Crippen LogP contribution in [0.15, 0.2) is 41.0 Å². The quantitative estimate of drug-likeness (QED) is 0.752. The lowest BCUT2D eigenvalue weighted by Gasteiger charge is -2.03. The summed E-state index contributed by atoms with van der Waals surface area (Å²) in [5.41, 5.74) is 2.50. The molecule has 0 unspecified atom stereocenters. The summed E-state index contributed by atoms with van der Waals surface area (Å²) < 4.78 is 27.0. The highest BCUT2D eigenvalue weighted by molar-refractivity contribution is 9.10. The van der Waals surface area contributed by atoms with Crippen LogP contribution in [0.4, 0.5) is 8.78 Å². The highest BCUT2D eigenvalue weighted by atomic mass is 79.9. The van der Waals surface area contributed by atoms with Crippen LogP contribution in [0.5, 0.6) is 0 Å². The van der Waals surface area contributed by atoms with E-state index in [9.17, 15) is 8.78 Å². The lowest BCUT2D eigenvalue weighted by Crippen LogP contribution is -1.91. The van der Waals surface area contributed by atoms with Crippen LogP contribution in [0.2, 0.25) is 0 Å². The zero-order chi connectivity index (χ0) is 13.4. The molecule has 5 heteroatoms. The van der Waals surface area contributed by atoms with Gasteiger partial charge in [-0.3, -0.25) is 5.10 Å². The molecule has 0 atom stereocenters. The van der Waals surface area contributed by atoms with Gasteiger partial charge in [0.05, 0.1) is 5.52 Å². The highest BCUT2D eigenvalue weighted by Crippen LogP contribution is 2.23. The van der Waals surface area contributed by atoms with E-state index >= 15 is 0 Å². The van der Waals surface area contributed by atoms with Crippen molar-refractivity contribution in [2.75, 3.05) is 0 Å². The second kappa shape index (κ2) is 4.74. The van der Waals surface area contributed by atoms with Gasteiger partial charge in [0.1, 0.15) is 16.2 Å². The number of rotatable bonds is 2. The molecule has 96 valence electrons. The van der Waals surface area contributed by atoms with Crippen molar-refractivity contribution in [1.29, 1.82) is 0 Å². The summed E-state index contributed by atoms with van der Waals surface area (Å²) in [5, 5.41) is 7.88. The monoisotopic (exact) mass is 322 g/mol. The Morgan fingerprint density at radius 3 is 2.47 bits per heavy atom. The molecule has 0 saturated heterocycles. The number of halogens is 3. The number of hydrogen-bond acceptors (Lipinski definition) is 1. The molecule has 2 nitrogen and oxygen atoms in total. The van der Waals surface area contributed by atoms with Gasteiger partial charge < -0.3 is 0 Å². The van der Waals surface area contributed by atoms with Crippen molar-refractivity contribution >= 4 is 26.8 Å². The Hall–Kier alpha value is -1.75. The zero-order valence-corrected chi connectivity index (χ0v) is 11.3. The van der Waals surface area contributed by atoms with Crippen LogP contribution < -0.4 is 0 Å². The normalized spacial score (nSPS) is 11.1. The first-order chi connectivity index (χ1) is 9.11. The molecule has 1 aromatic heterocycles. The molecule has 1 N–H and O–H groups in total. The van der Waals surface area contributed by atoms with Crippen molar-refractivity contribution in [1.82, 2.24) is 10.2 Å². The van der Waals surface area contributed by atoms with Gasteiger partial charge in [-0.1, -0.05) is 6.07 Å². The Labute approximate surface area is 116 Å². The van der Waals surface area contributed by atoms with Gasteiger partial charge in [-0.05, 0) is 57.7 Å². The molecule has 0 bridgehead atoms.